The van der Waals surface area contributed by atoms with Crippen molar-refractivity contribution >= 4 is 17.9 Å². The summed E-state index contributed by atoms with van der Waals surface area (Å²) in [5.74, 6) is -0.969. The Labute approximate surface area is 153 Å². The monoisotopic (exact) mass is 365 g/mol. The quantitative estimate of drug-likeness (QED) is 0.450. The molecule has 0 heterocycles. The lowest BCUT2D eigenvalue weighted by Gasteiger charge is -2.13. The third-order valence-corrected chi connectivity index (χ3v) is 3.32. The fourth-order valence-corrected chi connectivity index (χ4v) is 1.96. The molecule has 144 valence electrons. The molecule has 0 aliphatic rings. The highest BCUT2D eigenvalue weighted by Crippen LogP contribution is 2.07. The highest BCUT2D eigenvalue weighted by atomic mass is 16.5. The van der Waals surface area contributed by atoms with Crippen LogP contribution in [0.15, 0.2) is 24.3 Å². The van der Waals surface area contributed by atoms with Crippen molar-refractivity contribution < 1.29 is 23.9 Å². The minimum Gasteiger partial charge on any atom is -0.449 e. The SMILES string of the molecule is COCCNC(=O)[C@@H](C)OC(=O)c1ccc(CNC(=O)NC(C)C)cc1. The average molecular weight is 365 g/mol. The Hall–Kier alpha value is -2.61. The predicted octanol–water partition coefficient (Wildman–Crippen LogP) is 1.20. The molecule has 8 heteroatoms. The van der Waals surface area contributed by atoms with Gasteiger partial charge < -0.3 is 25.4 Å². The largest absolute Gasteiger partial charge is 0.449 e. The zero-order valence-corrected chi connectivity index (χ0v) is 15.6. The van der Waals surface area contributed by atoms with E-state index in [0.29, 0.717) is 25.3 Å². The van der Waals surface area contributed by atoms with Gasteiger partial charge in [0, 0.05) is 26.2 Å². The number of amides is 3. The van der Waals surface area contributed by atoms with Crippen molar-refractivity contribution in [1.29, 1.82) is 0 Å². The van der Waals surface area contributed by atoms with Crippen LogP contribution in [0.3, 0.4) is 0 Å². The summed E-state index contributed by atoms with van der Waals surface area (Å²) in [5.41, 5.74) is 1.17. The Bertz CT molecular complexity index is 601. The van der Waals surface area contributed by atoms with Gasteiger partial charge in [-0.05, 0) is 38.5 Å². The summed E-state index contributed by atoms with van der Waals surface area (Å²) in [6, 6.07) is 6.42. The molecular formula is C18H27N3O5. The van der Waals surface area contributed by atoms with E-state index in [1.165, 1.54) is 14.0 Å². The number of esters is 1. The molecule has 1 atom stereocenters. The van der Waals surface area contributed by atoms with Gasteiger partial charge in [0.25, 0.3) is 5.91 Å². The number of nitrogens with one attached hydrogen (secondary N) is 3. The first kappa shape index (κ1) is 21.4. The molecule has 26 heavy (non-hydrogen) atoms. The number of rotatable bonds is 9. The molecule has 0 radical (unpaired) electrons. The van der Waals surface area contributed by atoms with Crippen LogP contribution in [-0.2, 0) is 20.8 Å². The van der Waals surface area contributed by atoms with E-state index in [0.717, 1.165) is 5.56 Å². The third-order valence-electron chi connectivity index (χ3n) is 3.32. The summed E-state index contributed by atoms with van der Waals surface area (Å²) in [5, 5.41) is 8.05. The number of methoxy groups -OCH3 is 1. The Morgan fingerprint density at radius 3 is 2.27 bits per heavy atom. The topological polar surface area (TPSA) is 106 Å². The Balaban J connectivity index is 2.48. The van der Waals surface area contributed by atoms with E-state index in [2.05, 4.69) is 16.0 Å². The molecule has 8 nitrogen and oxygen atoms in total. The minimum absolute atomic E-state index is 0.0563. The Morgan fingerprint density at radius 1 is 1.04 bits per heavy atom. The zero-order chi connectivity index (χ0) is 19.5. The lowest BCUT2D eigenvalue weighted by molar-refractivity contribution is -0.129. The fourth-order valence-electron chi connectivity index (χ4n) is 1.96. The third kappa shape index (κ3) is 7.98. The number of benzene rings is 1. The van der Waals surface area contributed by atoms with Gasteiger partial charge in [0.2, 0.25) is 0 Å². The fraction of sp³-hybridized carbons (Fsp3) is 0.500. The maximum atomic E-state index is 12.1. The van der Waals surface area contributed by atoms with E-state index in [1.807, 2.05) is 13.8 Å². The van der Waals surface area contributed by atoms with E-state index in [4.69, 9.17) is 9.47 Å². The van der Waals surface area contributed by atoms with Crippen molar-refractivity contribution in [3.63, 3.8) is 0 Å². The Kier molecular flexibility index (Phi) is 9.14. The number of hydrogen-bond donors (Lipinski definition) is 3. The maximum Gasteiger partial charge on any atom is 0.338 e. The van der Waals surface area contributed by atoms with Crippen molar-refractivity contribution in [1.82, 2.24) is 16.0 Å². The summed E-state index contributed by atoms with van der Waals surface area (Å²) < 4.78 is 9.97. The first-order chi connectivity index (χ1) is 12.3. The van der Waals surface area contributed by atoms with Crippen LogP contribution in [0.2, 0.25) is 0 Å². The smallest absolute Gasteiger partial charge is 0.338 e. The van der Waals surface area contributed by atoms with Crippen LogP contribution in [0.5, 0.6) is 0 Å². The second-order valence-corrected chi connectivity index (χ2v) is 6.01. The summed E-state index contributed by atoms with van der Waals surface area (Å²) in [6.45, 7) is 6.33. The van der Waals surface area contributed by atoms with E-state index in [1.54, 1.807) is 24.3 Å². The maximum absolute atomic E-state index is 12.1. The van der Waals surface area contributed by atoms with Crippen LogP contribution in [0.25, 0.3) is 0 Å². The number of hydrogen-bond acceptors (Lipinski definition) is 5. The molecule has 1 aromatic rings. The summed E-state index contributed by atoms with van der Waals surface area (Å²) in [6.07, 6.45) is -0.902. The van der Waals surface area contributed by atoms with Crippen molar-refractivity contribution in [3.05, 3.63) is 35.4 Å². The van der Waals surface area contributed by atoms with Gasteiger partial charge in [0.15, 0.2) is 6.10 Å². The van der Waals surface area contributed by atoms with Gasteiger partial charge in [0.05, 0.1) is 12.2 Å². The Morgan fingerprint density at radius 2 is 1.69 bits per heavy atom. The number of ether oxygens (including phenoxy) is 2. The van der Waals surface area contributed by atoms with E-state index in [9.17, 15) is 14.4 Å². The van der Waals surface area contributed by atoms with Crippen LogP contribution in [0.1, 0.15) is 36.7 Å². The molecule has 0 spiro atoms. The molecule has 1 rings (SSSR count). The summed E-state index contributed by atoms with van der Waals surface area (Å²) in [4.78, 5) is 35.4. The van der Waals surface area contributed by atoms with Gasteiger partial charge in [-0.3, -0.25) is 4.79 Å². The van der Waals surface area contributed by atoms with Gasteiger partial charge in [-0.2, -0.15) is 0 Å². The first-order valence-corrected chi connectivity index (χ1v) is 8.44. The zero-order valence-electron chi connectivity index (χ0n) is 15.6. The normalized spacial score (nSPS) is 11.6. The molecule has 0 aliphatic carbocycles. The summed E-state index contributed by atoms with van der Waals surface area (Å²) in [7, 11) is 1.53. The van der Waals surface area contributed by atoms with Crippen molar-refractivity contribution in [2.75, 3.05) is 20.3 Å². The predicted molar refractivity (Wildman–Crippen MR) is 96.7 cm³/mol. The lowest BCUT2D eigenvalue weighted by Crippen LogP contribution is -2.39. The van der Waals surface area contributed by atoms with Gasteiger partial charge in [-0.25, -0.2) is 9.59 Å². The van der Waals surface area contributed by atoms with Gasteiger partial charge in [-0.15, -0.1) is 0 Å². The molecule has 0 aromatic heterocycles. The average Bonchev–Trinajstić information content (AvgIpc) is 2.59. The van der Waals surface area contributed by atoms with Crippen molar-refractivity contribution in [3.8, 4) is 0 Å². The molecule has 0 unspecified atom stereocenters. The van der Waals surface area contributed by atoms with Crippen LogP contribution >= 0.6 is 0 Å². The van der Waals surface area contributed by atoms with E-state index >= 15 is 0 Å². The van der Waals surface area contributed by atoms with Gasteiger partial charge in [0.1, 0.15) is 0 Å². The highest BCUT2D eigenvalue weighted by Gasteiger charge is 2.18. The molecule has 0 saturated heterocycles. The standard InChI is InChI=1S/C18H27N3O5/c1-12(2)21-18(24)20-11-14-5-7-15(8-6-14)17(23)26-13(3)16(22)19-9-10-25-4/h5-8,12-13H,9-11H2,1-4H3,(H,19,22)(H2,20,21,24)/t13-/m1/s1. The molecule has 1 aromatic carbocycles. The molecule has 0 saturated carbocycles. The second-order valence-electron chi connectivity index (χ2n) is 6.01. The van der Waals surface area contributed by atoms with Crippen LogP contribution < -0.4 is 16.0 Å². The van der Waals surface area contributed by atoms with Crippen molar-refractivity contribution in [2.45, 2.75) is 39.5 Å². The van der Waals surface area contributed by atoms with Crippen LogP contribution in [0.4, 0.5) is 4.79 Å². The first-order valence-electron chi connectivity index (χ1n) is 8.44. The van der Waals surface area contributed by atoms with E-state index in [-0.39, 0.29) is 18.0 Å². The number of carbonyl (C=O) groups excluding carboxylic acids is 3. The second kappa shape index (κ2) is 11.1. The van der Waals surface area contributed by atoms with Crippen molar-refractivity contribution in [2.24, 2.45) is 0 Å². The van der Waals surface area contributed by atoms with E-state index < -0.39 is 12.1 Å². The van der Waals surface area contributed by atoms with Crippen LogP contribution in [-0.4, -0.2) is 50.3 Å². The molecular weight excluding hydrogens is 338 g/mol. The van der Waals surface area contributed by atoms with Gasteiger partial charge in [-0.1, -0.05) is 12.1 Å². The van der Waals surface area contributed by atoms with Crippen LogP contribution in [0, 0.1) is 0 Å². The number of carbonyl (C=O) groups is 3. The highest BCUT2D eigenvalue weighted by molar-refractivity contribution is 5.92. The summed E-state index contributed by atoms with van der Waals surface area (Å²) >= 11 is 0. The van der Waals surface area contributed by atoms with Gasteiger partial charge >= 0.3 is 12.0 Å². The molecule has 3 N–H and O–H groups in total. The molecule has 0 bridgehead atoms. The lowest BCUT2D eigenvalue weighted by atomic mass is 10.1. The molecule has 0 aliphatic heterocycles. The number of urea groups is 1. The molecule has 0 fully saturated rings. The minimum atomic E-state index is -0.902. The molecule has 3 amide bonds.